The Hall–Kier alpha value is -1.84. The Morgan fingerprint density at radius 1 is 1.39 bits per heavy atom. The van der Waals surface area contributed by atoms with Gasteiger partial charge >= 0.3 is 0 Å². The second-order valence-corrected chi connectivity index (χ2v) is 7.28. The molecule has 0 spiro atoms. The highest BCUT2D eigenvalue weighted by Gasteiger charge is 2.31. The lowest BCUT2D eigenvalue weighted by molar-refractivity contribution is 0.151. The van der Waals surface area contributed by atoms with Gasteiger partial charge in [0.25, 0.3) is 5.89 Å². The Morgan fingerprint density at radius 3 is 2.83 bits per heavy atom. The summed E-state index contributed by atoms with van der Waals surface area (Å²) in [5.74, 6) is 1.16. The van der Waals surface area contributed by atoms with Gasteiger partial charge in [-0.15, -0.1) is 0 Å². The van der Waals surface area contributed by atoms with E-state index in [0.717, 1.165) is 0 Å². The molecule has 2 aromatic heterocycles. The van der Waals surface area contributed by atoms with E-state index in [9.17, 15) is 8.42 Å². The number of hydrogen-bond donors (Lipinski definition) is 0. The van der Waals surface area contributed by atoms with Crippen LogP contribution in [0.2, 0.25) is 0 Å². The highest BCUT2D eigenvalue weighted by atomic mass is 32.2. The molecule has 8 nitrogen and oxygen atoms in total. The largest absolute Gasteiger partial charge is 0.375 e. The molecule has 0 unspecified atom stereocenters. The van der Waals surface area contributed by atoms with Crippen molar-refractivity contribution in [1.29, 1.82) is 0 Å². The van der Waals surface area contributed by atoms with E-state index in [-0.39, 0.29) is 17.4 Å². The molecule has 0 aromatic carbocycles. The second kappa shape index (κ2) is 6.73. The molecular formula is C14H18N4O4S. The molecule has 3 heterocycles. The zero-order valence-corrected chi connectivity index (χ0v) is 13.6. The lowest BCUT2D eigenvalue weighted by Gasteiger charge is -2.29. The normalized spacial score (nSPS) is 17.4. The van der Waals surface area contributed by atoms with E-state index in [1.165, 1.54) is 10.5 Å². The highest BCUT2D eigenvalue weighted by Crippen LogP contribution is 2.29. The van der Waals surface area contributed by atoms with E-state index in [0.29, 0.717) is 37.6 Å². The molecule has 124 valence electrons. The molecular weight excluding hydrogens is 320 g/mol. The molecule has 9 heteroatoms. The zero-order chi connectivity index (χ0) is 16.3. The van der Waals surface area contributed by atoms with Gasteiger partial charge in [0.1, 0.15) is 11.5 Å². The van der Waals surface area contributed by atoms with Gasteiger partial charge in [0.15, 0.2) is 5.82 Å². The fraction of sp³-hybridized carbons (Fsp3) is 0.500. The fourth-order valence-electron chi connectivity index (χ4n) is 2.62. The third-order valence-corrected chi connectivity index (χ3v) is 5.73. The van der Waals surface area contributed by atoms with Crippen molar-refractivity contribution in [2.75, 3.05) is 20.2 Å². The fourth-order valence-corrected chi connectivity index (χ4v) is 4.05. The summed E-state index contributed by atoms with van der Waals surface area (Å²) in [5.41, 5.74) is 0. The minimum absolute atomic E-state index is 0.102. The molecule has 0 atom stereocenters. The van der Waals surface area contributed by atoms with Crippen LogP contribution < -0.4 is 0 Å². The number of hydrogen-bond acceptors (Lipinski definition) is 7. The SMILES string of the molecule is COCc1nc(C2CCN(S(=O)(=O)c3cccnc3)CC2)no1. The molecule has 0 radical (unpaired) electrons. The Morgan fingerprint density at radius 2 is 2.17 bits per heavy atom. The van der Waals surface area contributed by atoms with Crippen LogP contribution in [0.15, 0.2) is 33.9 Å². The van der Waals surface area contributed by atoms with E-state index in [1.54, 1.807) is 25.4 Å². The first-order valence-electron chi connectivity index (χ1n) is 7.33. The monoisotopic (exact) mass is 338 g/mol. The van der Waals surface area contributed by atoms with Crippen LogP contribution in [0.25, 0.3) is 0 Å². The molecule has 0 bridgehead atoms. The maximum Gasteiger partial charge on any atom is 0.252 e. The first-order valence-corrected chi connectivity index (χ1v) is 8.77. The quantitative estimate of drug-likeness (QED) is 0.807. The predicted molar refractivity (Wildman–Crippen MR) is 80.0 cm³/mol. The summed E-state index contributed by atoms with van der Waals surface area (Å²) < 4.78 is 36.6. The van der Waals surface area contributed by atoms with E-state index in [4.69, 9.17) is 9.26 Å². The summed E-state index contributed by atoms with van der Waals surface area (Å²) in [4.78, 5) is 8.39. The van der Waals surface area contributed by atoms with Gasteiger partial charge in [-0.1, -0.05) is 5.16 Å². The van der Waals surface area contributed by atoms with Crippen LogP contribution in [0.3, 0.4) is 0 Å². The van der Waals surface area contributed by atoms with E-state index < -0.39 is 10.0 Å². The molecule has 23 heavy (non-hydrogen) atoms. The van der Waals surface area contributed by atoms with Gasteiger partial charge in [-0.05, 0) is 25.0 Å². The van der Waals surface area contributed by atoms with Gasteiger partial charge in [0, 0.05) is 38.5 Å². The van der Waals surface area contributed by atoms with Crippen LogP contribution in [0.4, 0.5) is 0 Å². The second-order valence-electron chi connectivity index (χ2n) is 5.35. The molecule has 0 N–H and O–H groups in total. The molecule has 0 amide bonds. The minimum Gasteiger partial charge on any atom is -0.375 e. The van der Waals surface area contributed by atoms with Crippen molar-refractivity contribution in [3.63, 3.8) is 0 Å². The topological polar surface area (TPSA) is 98.4 Å². The van der Waals surface area contributed by atoms with Gasteiger partial charge < -0.3 is 9.26 Å². The van der Waals surface area contributed by atoms with Crippen LogP contribution in [0.1, 0.15) is 30.5 Å². The summed E-state index contributed by atoms with van der Waals surface area (Å²) >= 11 is 0. The number of methoxy groups -OCH3 is 1. The van der Waals surface area contributed by atoms with Gasteiger partial charge in [0.2, 0.25) is 10.0 Å². The van der Waals surface area contributed by atoms with Crippen LogP contribution in [0.5, 0.6) is 0 Å². The number of sulfonamides is 1. The zero-order valence-electron chi connectivity index (χ0n) is 12.8. The third kappa shape index (κ3) is 3.41. The Bertz CT molecular complexity index is 739. The van der Waals surface area contributed by atoms with Crippen LogP contribution in [0, 0.1) is 0 Å². The molecule has 0 saturated carbocycles. The average molecular weight is 338 g/mol. The maximum absolute atomic E-state index is 12.5. The molecule has 0 aliphatic carbocycles. The Balaban J connectivity index is 1.66. The molecule has 3 rings (SSSR count). The van der Waals surface area contributed by atoms with Gasteiger partial charge in [-0.25, -0.2) is 8.42 Å². The molecule has 1 aliphatic heterocycles. The summed E-state index contributed by atoms with van der Waals surface area (Å²) in [6.07, 6.45) is 4.24. The van der Waals surface area contributed by atoms with E-state index in [2.05, 4.69) is 15.1 Å². The third-order valence-electron chi connectivity index (χ3n) is 3.84. The highest BCUT2D eigenvalue weighted by molar-refractivity contribution is 7.89. The van der Waals surface area contributed by atoms with Crippen LogP contribution in [-0.4, -0.2) is 48.0 Å². The van der Waals surface area contributed by atoms with Crippen molar-refractivity contribution in [3.05, 3.63) is 36.2 Å². The lowest BCUT2D eigenvalue weighted by Crippen LogP contribution is -2.38. The summed E-state index contributed by atoms with van der Waals surface area (Å²) in [5, 5.41) is 3.96. The van der Waals surface area contributed by atoms with Gasteiger partial charge in [-0.3, -0.25) is 4.98 Å². The van der Waals surface area contributed by atoms with Crippen molar-refractivity contribution in [3.8, 4) is 0 Å². The predicted octanol–water partition coefficient (Wildman–Crippen LogP) is 1.18. The van der Waals surface area contributed by atoms with Crippen molar-refractivity contribution >= 4 is 10.0 Å². The smallest absolute Gasteiger partial charge is 0.252 e. The summed E-state index contributed by atoms with van der Waals surface area (Å²) in [7, 11) is -1.92. The van der Waals surface area contributed by atoms with Crippen molar-refractivity contribution in [2.24, 2.45) is 0 Å². The van der Waals surface area contributed by atoms with Crippen LogP contribution in [-0.2, 0) is 21.4 Å². The molecule has 2 aromatic rings. The minimum atomic E-state index is -3.48. The standard InChI is InChI=1S/C14H18N4O4S/c1-21-10-13-16-14(17-22-13)11-4-7-18(8-5-11)23(19,20)12-3-2-6-15-9-12/h2-3,6,9,11H,4-5,7-8,10H2,1H3. The van der Waals surface area contributed by atoms with Crippen LogP contribution >= 0.6 is 0 Å². The number of rotatable bonds is 5. The van der Waals surface area contributed by atoms with Crippen molar-refractivity contribution < 1.29 is 17.7 Å². The Kier molecular flexibility index (Phi) is 4.69. The maximum atomic E-state index is 12.5. The average Bonchev–Trinajstić information content (AvgIpc) is 3.05. The molecule has 1 fully saturated rings. The van der Waals surface area contributed by atoms with Crippen molar-refractivity contribution in [1.82, 2.24) is 19.4 Å². The van der Waals surface area contributed by atoms with Gasteiger partial charge in [-0.2, -0.15) is 9.29 Å². The molecule has 1 saturated heterocycles. The molecule has 1 aliphatic rings. The number of nitrogens with zero attached hydrogens (tertiary/aromatic N) is 4. The Labute approximate surface area is 134 Å². The first-order chi connectivity index (χ1) is 11.1. The van der Waals surface area contributed by atoms with Crippen molar-refractivity contribution in [2.45, 2.75) is 30.3 Å². The lowest BCUT2D eigenvalue weighted by atomic mass is 9.98. The summed E-state index contributed by atoms with van der Waals surface area (Å²) in [6, 6.07) is 3.18. The van der Waals surface area contributed by atoms with E-state index >= 15 is 0 Å². The number of piperidine rings is 1. The number of aromatic nitrogens is 3. The number of pyridine rings is 1. The van der Waals surface area contributed by atoms with E-state index in [1.807, 2.05) is 0 Å². The number of ether oxygens (including phenoxy) is 1. The first kappa shape index (κ1) is 16.0. The summed E-state index contributed by atoms with van der Waals surface area (Å²) in [6.45, 7) is 1.13. The van der Waals surface area contributed by atoms with Gasteiger partial charge in [0.05, 0.1) is 0 Å².